The number of aromatic nitrogens is 3. The number of methoxy groups -OCH3 is 1. The molecule has 0 radical (unpaired) electrons. The minimum absolute atomic E-state index is 0.122. The molecule has 0 saturated heterocycles. The van der Waals surface area contributed by atoms with Crippen molar-refractivity contribution in [1.29, 1.82) is 0 Å². The Bertz CT molecular complexity index is 1050. The Morgan fingerprint density at radius 3 is 2.48 bits per heavy atom. The molecule has 0 bridgehead atoms. The summed E-state index contributed by atoms with van der Waals surface area (Å²) in [7, 11) is -2.23. The van der Waals surface area contributed by atoms with Crippen LogP contribution in [0.1, 0.15) is 29.5 Å². The summed E-state index contributed by atoms with van der Waals surface area (Å²) in [6.45, 7) is 5.44. The fourth-order valence-electron chi connectivity index (χ4n) is 2.53. The number of hydrogen-bond acceptors (Lipinski definition) is 7. The summed E-state index contributed by atoms with van der Waals surface area (Å²) >= 11 is 1.43. The maximum Gasteiger partial charge on any atom is 0.241 e. The molecule has 1 N–H and O–H groups in total. The second-order valence-corrected chi connectivity index (χ2v) is 8.65. The molecule has 0 saturated carbocycles. The summed E-state index contributed by atoms with van der Waals surface area (Å²) in [6, 6.07) is 4.31. The maximum absolute atomic E-state index is 12.8. The molecular weight excluding hydrogens is 384 g/mol. The van der Waals surface area contributed by atoms with Crippen LogP contribution in [0.15, 0.2) is 40.9 Å². The lowest BCUT2D eigenvalue weighted by Crippen LogP contribution is -2.26. The van der Waals surface area contributed by atoms with E-state index < -0.39 is 16.1 Å². The van der Waals surface area contributed by atoms with Crippen molar-refractivity contribution < 1.29 is 13.2 Å². The molecule has 0 aliphatic heterocycles. The zero-order chi connectivity index (χ0) is 19.6. The number of thiazole rings is 1. The summed E-state index contributed by atoms with van der Waals surface area (Å²) in [6.07, 6.45) is 3.36. The number of aryl methyl sites for hydroxylation is 2. The number of rotatable bonds is 6. The Morgan fingerprint density at radius 1 is 1.19 bits per heavy atom. The molecule has 2 aromatic heterocycles. The molecule has 0 amide bonds. The molecule has 0 aliphatic rings. The van der Waals surface area contributed by atoms with Crippen LogP contribution >= 0.6 is 11.3 Å². The van der Waals surface area contributed by atoms with Crippen LogP contribution < -0.4 is 9.46 Å². The lowest BCUT2D eigenvalue weighted by molar-refractivity contribution is 0.415. The molecule has 0 fully saturated rings. The van der Waals surface area contributed by atoms with Gasteiger partial charge in [-0.3, -0.25) is 0 Å². The van der Waals surface area contributed by atoms with Gasteiger partial charge in [0, 0.05) is 40.7 Å². The Kier molecular flexibility index (Phi) is 5.54. The Hall–Kier alpha value is -2.36. The molecule has 1 aromatic carbocycles. The molecule has 142 valence electrons. The highest BCUT2D eigenvalue weighted by Gasteiger charge is 2.22. The van der Waals surface area contributed by atoms with Gasteiger partial charge in [0.05, 0.1) is 18.0 Å². The lowest BCUT2D eigenvalue weighted by Gasteiger charge is -2.14. The van der Waals surface area contributed by atoms with Gasteiger partial charge in [-0.2, -0.15) is 0 Å². The van der Waals surface area contributed by atoms with Crippen LogP contribution in [0.2, 0.25) is 0 Å². The third-order valence-electron chi connectivity index (χ3n) is 3.91. The van der Waals surface area contributed by atoms with Crippen molar-refractivity contribution in [2.24, 2.45) is 0 Å². The second kappa shape index (κ2) is 7.71. The second-order valence-electron chi connectivity index (χ2n) is 6.05. The number of hydrogen-bond donors (Lipinski definition) is 1. The molecule has 7 nitrogen and oxygen atoms in total. The van der Waals surface area contributed by atoms with Crippen LogP contribution in [0.3, 0.4) is 0 Å². The smallest absolute Gasteiger partial charge is 0.241 e. The van der Waals surface area contributed by atoms with Gasteiger partial charge < -0.3 is 4.74 Å². The van der Waals surface area contributed by atoms with Gasteiger partial charge in [0.15, 0.2) is 0 Å². The molecule has 3 rings (SSSR count). The highest BCUT2D eigenvalue weighted by atomic mass is 32.2. The van der Waals surface area contributed by atoms with Crippen molar-refractivity contribution >= 4 is 21.4 Å². The zero-order valence-corrected chi connectivity index (χ0v) is 17.1. The Balaban J connectivity index is 1.90. The van der Waals surface area contributed by atoms with Crippen LogP contribution in [-0.4, -0.2) is 30.5 Å². The van der Waals surface area contributed by atoms with Gasteiger partial charge >= 0.3 is 0 Å². The Labute approximate surface area is 162 Å². The van der Waals surface area contributed by atoms with Gasteiger partial charge in [0.1, 0.15) is 16.6 Å². The highest BCUT2D eigenvalue weighted by Crippen LogP contribution is 2.32. The highest BCUT2D eigenvalue weighted by molar-refractivity contribution is 7.89. The molecule has 9 heteroatoms. The van der Waals surface area contributed by atoms with E-state index in [1.807, 2.05) is 12.3 Å². The number of sulfonamides is 1. The van der Waals surface area contributed by atoms with E-state index in [0.29, 0.717) is 11.6 Å². The minimum Gasteiger partial charge on any atom is -0.496 e. The molecule has 1 atom stereocenters. The van der Waals surface area contributed by atoms with Crippen molar-refractivity contribution in [1.82, 2.24) is 19.7 Å². The van der Waals surface area contributed by atoms with E-state index in [2.05, 4.69) is 19.7 Å². The predicted octanol–water partition coefficient (Wildman–Crippen LogP) is 3.27. The molecule has 27 heavy (non-hydrogen) atoms. The van der Waals surface area contributed by atoms with Crippen molar-refractivity contribution in [3.63, 3.8) is 0 Å². The zero-order valence-electron chi connectivity index (χ0n) is 15.4. The van der Waals surface area contributed by atoms with E-state index in [0.717, 1.165) is 21.8 Å². The van der Waals surface area contributed by atoms with Crippen LogP contribution in [0.5, 0.6) is 5.75 Å². The van der Waals surface area contributed by atoms with Gasteiger partial charge in [-0.05, 0) is 32.9 Å². The summed E-state index contributed by atoms with van der Waals surface area (Å²) in [5.74, 6) is 1.09. The first kappa shape index (κ1) is 19.4. The first-order chi connectivity index (χ1) is 12.8. The van der Waals surface area contributed by atoms with Crippen molar-refractivity contribution in [3.05, 3.63) is 52.5 Å². The average molecular weight is 405 g/mol. The molecule has 2 heterocycles. The summed E-state index contributed by atoms with van der Waals surface area (Å²) < 4.78 is 33.6. The van der Waals surface area contributed by atoms with E-state index in [1.165, 1.54) is 24.5 Å². The predicted molar refractivity (Wildman–Crippen MR) is 104 cm³/mol. The van der Waals surface area contributed by atoms with Crippen molar-refractivity contribution in [2.45, 2.75) is 31.7 Å². The van der Waals surface area contributed by atoms with Gasteiger partial charge in [-0.15, -0.1) is 11.3 Å². The van der Waals surface area contributed by atoms with E-state index in [1.54, 1.807) is 38.4 Å². The molecular formula is C18H20N4O3S2. The van der Waals surface area contributed by atoms with E-state index >= 15 is 0 Å². The number of nitrogens with zero attached hydrogens (tertiary/aromatic N) is 3. The van der Waals surface area contributed by atoms with E-state index in [-0.39, 0.29) is 4.90 Å². The van der Waals surface area contributed by atoms with E-state index in [4.69, 9.17) is 4.74 Å². The molecule has 3 aromatic rings. The van der Waals surface area contributed by atoms with Crippen LogP contribution in [0.4, 0.5) is 0 Å². The van der Waals surface area contributed by atoms with Gasteiger partial charge in [0.2, 0.25) is 10.0 Å². The Morgan fingerprint density at radius 2 is 1.89 bits per heavy atom. The molecule has 1 unspecified atom stereocenters. The van der Waals surface area contributed by atoms with Crippen LogP contribution in [0.25, 0.3) is 11.1 Å². The SMILES string of the molecule is COc1cc(S(=O)(=O)NC(C)c2nc(C)cs2)ccc1-c1cnc(C)nc1. The average Bonchev–Trinajstić information content (AvgIpc) is 3.08. The van der Waals surface area contributed by atoms with Crippen LogP contribution in [0, 0.1) is 13.8 Å². The number of ether oxygens (including phenoxy) is 1. The third kappa shape index (κ3) is 4.32. The first-order valence-electron chi connectivity index (χ1n) is 8.21. The van der Waals surface area contributed by atoms with Crippen LogP contribution in [-0.2, 0) is 10.0 Å². The third-order valence-corrected chi connectivity index (χ3v) is 6.60. The van der Waals surface area contributed by atoms with Gasteiger partial charge in [-0.25, -0.2) is 28.1 Å². The van der Waals surface area contributed by atoms with Crippen molar-refractivity contribution in [2.75, 3.05) is 7.11 Å². The summed E-state index contributed by atoms with van der Waals surface area (Å²) in [5.41, 5.74) is 2.34. The minimum atomic E-state index is -3.73. The fraction of sp³-hybridized carbons (Fsp3) is 0.278. The topological polar surface area (TPSA) is 94.1 Å². The molecule has 0 aliphatic carbocycles. The monoisotopic (exact) mass is 404 g/mol. The summed E-state index contributed by atoms with van der Waals surface area (Å²) in [5, 5.41) is 2.61. The quantitative estimate of drug-likeness (QED) is 0.678. The number of nitrogens with one attached hydrogen (secondary N) is 1. The summed E-state index contributed by atoms with van der Waals surface area (Å²) in [4.78, 5) is 12.8. The standard InChI is InChI=1S/C18H20N4O3S2/c1-11-10-26-18(21-11)12(2)22-27(23,24)15-5-6-16(17(7-15)25-4)14-8-19-13(3)20-9-14/h5-10,12,22H,1-4H3. The fourth-order valence-corrected chi connectivity index (χ4v) is 4.63. The van der Waals surface area contributed by atoms with Crippen molar-refractivity contribution in [3.8, 4) is 16.9 Å². The number of benzene rings is 1. The normalized spacial score (nSPS) is 12.7. The van der Waals surface area contributed by atoms with Gasteiger partial charge in [0.25, 0.3) is 0 Å². The van der Waals surface area contributed by atoms with E-state index in [9.17, 15) is 8.42 Å². The van der Waals surface area contributed by atoms with Gasteiger partial charge in [-0.1, -0.05) is 0 Å². The maximum atomic E-state index is 12.8. The largest absolute Gasteiger partial charge is 0.496 e. The lowest BCUT2D eigenvalue weighted by atomic mass is 10.1. The first-order valence-corrected chi connectivity index (χ1v) is 10.6. The molecule has 0 spiro atoms.